The third-order valence-electron chi connectivity index (χ3n) is 2.29. The van der Waals surface area contributed by atoms with Crippen LogP contribution in [0.5, 0.6) is 0 Å². The van der Waals surface area contributed by atoms with Crippen molar-refractivity contribution in [1.29, 1.82) is 0 Å². The highest BCUT2D eigenvalue weighted by Crippen LogP contribution is 2.23. The van der Waals surface area contributed by atoms with E-state index in [4.69, 9.17) is 0 Å². The minimum Gasteiger partial charge on any atom is -0.355 e. The number of hydrogen-bond acceptors (Lipinski definition) is 3. The monoisotopic (exact) mass is 251 g/mol. The summed E-state index contributed by atoms with van der Waals surface area (Å²) in [6.07, 6.45) is 0. The fourth-order valence-electron chi connectivity index (χ4n) is 1.34. The molecule has 1 aromatic carbocycles. The molecular weight excluding hydrogens is 234 g/mol. The Morgan fingerprint density at radius 1 is 1.29 bits per heavy atom. The van der Waals surface area contributed by atoms with Crippen LogP contribution >= 0.6 is 11.8 Å². The van der Waals surface area contributed by atoms with E-state index in [2.05, 4.69) is 5.32 Å². The topological polar surface area (TPSA) is 46.2 Å². The molecule has 0 heterocycles. The number of carbonyl (C=O) groups is 2. The smallest absolute Gasteiger partial charge is 0.233 e. The Morgan fingerprint density at radius 2 is 1.88 bits per heavy atom. The molecule has 1 unspecified atom stereocenters. The zero-order valence-electron chi connectivity index (χ0n) is 10.3. The van der Waals surface area contributed by atoms with E-state index in [0.29, 0.717) is 12.1 Å². The summed E-state index contributed by atoms with van der Waals surface area (Å²) in [6, 6.07) is 7.32. The van der Waals surface area contributed by atoms with Gasteiger partial charge in [-0.1, -0.05) is 12.1 Å². The lowest BCUT2D eigenvalue weighted by molar-refractivity contribution is -0.120. The number of amides is 1. The summed E-state index contributed by atoms with van der Waals surface area (Å²) < 4.78 is 0. The first-order chi connectivity index (χ1) is 8.04. The van der Waals surface area contributed by atoms with Gasteiger partial charge in [-0.15, -0.1) is 11.8 Å². The van der Waals surface area contributed by atoms with Crippen molar-refractivity contribution in [2.75, 3.05) is 6.54 Å². The number of thioether (sulfide) groups is 1. The summed E-state index contributed by atoms with van der Waals surface area (Å²) >= 11 is 1.49. The molecule has 0 aromatic heterocycles. The largest absolute Gasteiger partial charge is 0.355 e. The lowest BCUT2D eigenvalue weighted by atomic mass is 10.2. The van der Waals surface area contributed by atoms with Crippen molar-refractivity contribution >= 4 is 23.5 Å². The van der Waals surface area contributed by atoms with Crippen LogP contribution in [0.1, 0.15) is 31.1 Å². The standard InChI is InChI=1S/C13H17NO2S/c1-4-14-13(16)10(3)17-12-7-5-11(6-8-12)9(2)15/h5-8,10H,4H2,1-3H3,(H,14,16). The summed E-state index contributed by atoms with van der Waals surface area (Å²) in [5.41, 5.74) is 0.694. The summed E-state index contributed by atoms with van der Waals surface area (Å²) in [5, 5.41) is 2.65. The Bertz CT molecular complexity index is 400. The molecule has 0 saturated carbocycles. The fraction of sp³-hybridized carbons (Fsp3) is 0.385. The molecule has 1 N–H and O–H groups in total. The van der Waals surface area contributed by atoms with Crippen molar-refractivity contribution in [3.63, 3.8) is 0 Å². The van der Waals surface area contributed by atoms with Crippen molar-refractivity contribution < 1.29 is 9.59 Å². The predicted octanol–water partition coefficient (Wildman–Crippen LogP) is 2.51. The second-order valence-corrected chi connectivity index (χ2v) is 5.15. The van der Waals surface area contributed by atoms with Crippen LogP contribution in [0, 0.1) is 0 Å². The SMILES string of the molecule is CCNC(=O)C(C)Sc1ccc(C(C)=O)cc1. The summed E-state index contributed by atoms with van der Waals surface area (Å²) in [5.74, 6) is 0.0893. The zero-order valence-corrected chi connectivity index (χ0v) is 11.1. The molecule has 0 spiro atoms. The first-order valence-corrected chi connectivity index (χ1v) is 6.48. The van der Waals surface area contributed by atoms with E-state index in [0.717, 1.165) is 4.90 Å². The van der Waals surface area contributed by atoms with Gasteiger partial charge in [0.1, 0.15) is 0 Å². The first-order valence-electron chi connectivity index (χ1n) is 5.60. The van der Waals surface area contributed by atoms with E-state index in [1.165, 1.54) is 11.8 Å². The van der Waals surface area contributed by atoms with Crippen LogP contribution in [0.15, 0.2) is 29.2 Å². The van der Waals surface area contributed by atoms with Gasteiger partial charge < -0.3 is 5.32 Å². The normalized spacial score (nSPS) is 11.9. The maximum atomic E-state index is 11.5. The second-order valence-electron chi connectivity index (χ2n) is 3.74. The molecule has 1 aromatic rings. The average molecular weight is 251 g/mol. The number of nitrogens with one attached hydrogen (secondary N) is 1. The van der Waals surface area contributed by atoms with E-state index in [1.54, 1.807) is 19.1 Å². The van der Waals surface area contributed by atoms with Crippen LogP contribution in [0.3, 0.4) is 0 Å². The summed E-state index contributed by atoms with van der Waals surface area (Å²) in [4.78, 5) is 23.6. The van der Waals surface area contributed by atoms with Gasteiger partial charge in [0.15, 0.2) is 5.78 Å². The van der Waals surface area contributed by atoms with E-state index >= 15 is 0 Å². The molecule has 0 radical (unpaired) electrons. The van der Waals surface area contributed by atoms with E-state index in [-0.39, 0.29) is 16.9 Å². The van der Waals surface area contributed by atoms with Crippen molar-refractivity contribution in [3.8, 4) is 0 Å². The Kier molecular flexibility index (Phi) is 5.22. The van der Waals surface area contributed by atoms with Crippen LogP contribution in [0.4, 0.5) is 0 Å². The lowest BCUT2D eigenvalue weighted by Crippen LogP contribution is -2.30. The molecule has 0 saturated heterocycles. The summed E-state index contributed by atoms with van der Waals surface area (Å²) in [7, 11) is 0. The third kappa shape index (κ3) is 4.23. The van der Waals surface area contributed by atoms with Gasteiger partial charge in [-0.25, -0.2) is 0 Å². The molecule has 0 aliphatic carbocycles. The van der Waals surface area contributed by atoms with Crippen LogP contribution in [-0.4, -0.2) is 23.5 Å². The fourth-order valence-corrected chi connectivity index (χ4v) is 2.24. The molecular formula is C13H17NO2S. The maximum absolute atomic E-state index is 11.5. The van der Waals surface area contributed by atoms with E-state index < -0.39 is 0 Å². The van der Waals surface area contributed by atoms with Crippen molar-refractivity contribution in [2.24, 2.45) is 0 Å². The molecule has 0 aliphatic heterocycles. The van der Waals surface area contributed by atoms with Gasteiger partial charge in [0.25, 0.3) is 0 Å². The molecule has 0 bridgehead atoms. The molecule has 0 aliphatic rings. The van der Waals surface area contributed by atoms with Crippen molar-refractivity contribution in [2.45, 2.75) is 30.9 Å². The quantitative estimate of drug-likeness (QED) is 0.646. The molecule has 17 heavy (non-hydrogen) atoms. The van der Waals surface area contributed by atoms with E-state index in [1.807, 2.05) is 26.0 Å². The molecule has 92 valence electrons. The molecule has 1 amide bonds. The Hall–Kier alpha value is -1.29. The van der Waals surface area contributed by atoms with Gasteiger partial charge in [0.05, 0.1) is 5.25 Å². The Balaban J connectivity index is 2.63. The predicted molar refractivity (Wildman–Crippen MR) is 70.4 cm³/mol. The van der Waals surface area contributed by atoms with Crippen molar-refractivity contribution in [3.05, 3.63) is 29.8 Å². The summed E-state index contributed by atoms with van der Waals surface area (Å²) in [6.45, 7) is 5.96. The number of Topliss-reactive ketones (excluding diaryl/α,β-unsaturated/α-hetero) is 1. The number of hydrogen-bond donors (Lipinski definition) is 1. The zero-order chi connectivity index (χ0) is 12.8. The van der Waals surface area contributed by atoms with Gasteiger partial charge in [-0.05, 0) is 32.9 Å². The average Bonchev–Trinajstić information content (AvgIpc) is 2.30. The number of carbonyl (C=O) groups excluding carboxylic acids is 2. The lowest BCUT2D eigenvalue weighted by Gasteiger charge is -2.10. The van der Waals surface area contributed by atoms with Crippen LogP contribution in [-0.2, 0) is 4.79 Å². The van der Waals surface area contributed by atoms with Gasteiger partial charge in [-0.2, -0.15) is 0 Å². The molecule has 1 atom stereocenters. The number of benzene rings is 1. The van der Waals surface area contributed by atoms with Gasteiger partial charge >= 0.3 is 0 Å². The minimum atomic E-state index is -0.127. The first kappa shape index (κ1) is 13.8. The van der Waals surface area contributed by atoms with E-state index in [9.17, 15) is 9.59 Å². The Morgan fingerprint density at radius 3 is 2.35 bits per heavy atom. The molecule has 4 heteroatoms. The second kappa shape index (κ2) is 6.45. The molecule has 3 nitrogen and oxygen atoms in total. The van der Waals surface area contributed by atoms with Gasteiger partial charge in [0.2, 0.25) is 5.91 Å². The highest BCUT2D eigenvalue weighted by atomic mass is 32.2. The van der Waals surface area contributed by atoms with Crippen LogP contribution in [0.2, 0.25) is 0 Å². The van der Waals surface area contributed by atoms with Crippen LogP contribution in [0.25, 0.3) is 0 Å². The highest BCUT2D eigenvalue weighted by Gasteiger charge is 2.13. The van der Waals surface area contributed by atoms with Gasteiger partial charge in [0, 0.05) is 17.0 Å². The van der Waals surface area contributed by atoms with Crippen molar-refractivity contribution in [1.82, 2.24) is 5.32 Å². The van der Waals surface area contributed by atoms with Gasteiger partial charge in [-0.3, -0.25) is 9.59 Å². The van der Waals surface area contributed by atoms with Crippen LogP contribution < -0.4 is 5.32 Å². The Labute approximate surface area is 106 Å². The minimum absolute atomic E-state index is 0.0353. The number of rotatable bonds is 5. The highest BCUT2D eigenvalue weighted by molar-refractivity contribution is 8.00. The molecule has 1 rings (SSSR count). The molecule has 0 fully saturated rings. The third-order valence-corrected chi connectivity index (χ3v) is 3.41. The maximum Gasteiger partial charge on any atom is 0.233 e. The number of ketones is 1.